The van der Waals surface area contributed by atoms with Gasteiger partial charge in [-0.2, -0.15) is 15.6 Å². The molecule has 0 aliphatic carbocycles. The second-order valence-electron chi connectivity index (χ2n) is 5.37. The zero-order chi connectivity index (χ0) is 18.2. The van der Waals surface area contributed by atoms with E-state index in [2.05, 4.69) is 5.10 Å². The lowest BCUT2D eigenvalue weighted by molar-refractivity contribution is 0.267. The first-order valence-corrected chi connectivity index (χ1v) is 8.10. The van der Waals surface area contributed by atoms with E-state index >= 15 is 0 Å². The van der Waals surface area contributed by atoms with Gasteiger partial charge in [-0.05, 0) is 31.5 Å². The van der Waals surface area contributed by atoms with Gasteiger partial charge in [0.05, 0.1) is 42.1 Å². The summed E-state index contributed by atoms with van der Waals surface area (Å²) in [5.41, 5.74) is 2.35. The zero-order valence-electron chi connectivity index (χ0n) is 14.4. The lowest BCUT2D eigenvalue weighted by Gasteiger charge is -2.09. The highest BCUT2D eigenvalue weighted by Crippen LogP contribution is 2.31. The second-order valence-corrected chi connectivity index (χ2v) is 5.37. The van der Waals surface area contributed by atoms with Crippen LogP contribution in [0.5, 0.6) is 11.5 Å². The number of nitriles is 2. The molecule has 0 amide bonds. The van der Waals surface area contributed by atoms with Crippen LogP contribution in [0.25, 0.3) is 0 Å². The topological polar surface area (TPSA) is 94.9 Å². The molecule has 1 N–H and O–H groups in total. The molecule has 0 radical (unpaired) electrons. The second kappa shape index (κ2) is 8.68. The third-order valence-electron chi connectivity index (χ3n) is 3.66. The molecule has 0 saturated carbocycles. The predicted molar refractivity (Wildman–Crippen MR) is 93.2 cm³/mol. The summed E-state index contributed by atoms with van der Waals surface area (Å²) >= 11 is 0. The SMILES string of the molecule is C/C=C/Cc1nn(CCO)c(CC)c1Oc1cc(C#N)cc(C#N)c1. The minimum Gasteiger partial charge on any atom is -0.453 e. The molecule has 0 aliphatic heterocycles. The van der Waals surface area contributed by atoms with Gasteiger partial charge in [0.1, 0.15) is 11.4 Å². The zero-order valence-corrected chi connectivity index (χ0v) is 14.4. The van der Waals surface area contributed by atoms with Crippen molar-refractivity contribution in [1.29, 1.82) is 10.5 Å². The molecule has 0 bridgehead atoms. The molecule has 0 spiro atoms. The van der Waals surface area contributed by atoms with E-state index in [9.17, 15) is 5.11 Å². The monoisotopic (exact) mass is 336 g/mol. The van der Waals surface area contributed by atoms with Gasteiger partial charge in [-0.15, -0.1) is 0 Å². The summed E-state index contributed by atoms with van der Waals surface area (Å²) in [4.78, 5) is 0. The average Bonchev–Trinajstić information content (AvgIpc) is 2.96. The van der Waals surface area contributed by atoms with Crippen LogP contribution < -0.4 is 4.74 Å². The van der Waals surface area contributed by atoms with Crippen molar-refractivity contribution >= 4 is 0 Å². The molecule has 0 saturated heterocycles. The van der Waals surface area contributed by atoms with Crippen molar-refractivity contribution in [3.05, 3.63) is 52.9 Å². The molecule has 0 atom stereocenters. The highest BCUT2D eigenvalue weighted by Gasteiger charge is 2.18. The maximum atomic E-state index is 9.25. The highest BCUT2D eigenvalue weighted by molar-refractivity contribution is 5.48. The van der Waals surface area contributed by atoms with E-state index in [1.165, 1.54) is 6.07 Å². The first-order chi connectivity index (χ1) is 12.2. The average molecular weight is 336 g/mol. The van der Waals surface area contributed by atoms with Crippen LogP contribution in [-0.4, -0.2) is 21.5 Å². The van der Waals surface area contributed by atoms with Crippen molar-refractivity contribution < 1.29 is 9.84 Å². The molecule has 0 fully saturated rings. The third kappa shape index (κ3) is 4.26. The number of hydrogen-bond acceptors (Lipinski definition) is 5. The Kier molecular flexibility index (Phi) is 6.33. The lowest BCUT2D eigenvalue weighted by Crippen LogP contribution is -2.08. The Labute approximate surface area is 147 Å². The van der Waals surface area contributed by atoms with Gasteiger partial charge in [0.15, 0.2) is 5.75 Å². The Bertz CT molecular complexity index is 821. The highest BCUT2D eigenvalue weighted by atomic mass is 16.5. The fraction of sp³-hybridized carbons (Fsp3) is 0.316. The number of rotatable bonds is 7. The first-order valence-electron chi connectivity index (χ1n) is 8.10. The van der Waals surface area contributed by atoms with Gasteiger partial charge < -0.3 is 9.84 Å². The number of allylic oxidation sites excluding steroid dienone is 2. The van der Waals surface area contributed by atoms with Gasteiger partial charge in [-0.25, -0.2) is 0 Å². The van der Waals surface area contributed by atoms with E-state index in [0.717, 1.165) is 11.4 Å². The van der Waals surface area contributed by atoms with Crippen molar-refractivity contribution in [2.24, 2.45) is 0 Å². The van der Waals surface area contributed by atoms with Crippen LogP contribution in [0.4, 0.5) is 0 Å². The van der Waals surface area contributed by atoms with E-state index < -0.39 is 0 Å². The predicted octanol–water partition coefficient (Wildman–Crippen LogP) is 3.09. The number of ether oxygens (including phenoxy) is 1. The summed E-state index contributed by atoms with van der Waals surface area (Å²) in [7, 11) is 0. The van der Waals surface area contributed by atoms with Gasteiger partial charge in [-0.1, -0.05) is 19.1 Å². The number of hydrogen-bond donors (Lipinski definition) is 1. The van der Waals surface area contributed by atoms with Crippen LogP contribution in [0.2, 0.25) is 0 Å². The minimum atomic E-state index is -0.0142. The van der Waals surface area contributed by atoms with Crippen molar-refractivity contribution in [3.8, 4) is 23.6 Å². The maximum Gasteiger partial charge on any atom is 0.172 e. The van der Waals surface area contributed by atoms with E-state index in [-0.39, 0.29) is 6.61 Å². The summed E-state index contributed by atoms with van der Waals surface area (Å²) in [5, 5.41) is 32.0. The van der Waals surface area contributed by atoms with Crippen molar-refractivity contribution in [1.82, 2.24) is 9.78 Å². The Morgan fingerprint density at radius 1 is 1.24 bits per heavy atom. The lowest BCUT2D eigenvalue weighted by atomic mass is 10.1. The number of aliphatic hydroxyl groups excluding tert-OH is 1. The van der Waals surface area contributed by atoms with Gasteiger partial charge in [0, 0.05) is 6.42 Å². The molecule has 1 aromatic carbocycles. The summed E-state index contributed by atoms with van der Waals surface area (Å²) in [6.45, 7) is 4.29. The number of nitrogens with zero attached hydrogens (tertiary/aromatic N) is 4. The quantitative estimate of drug-likeness (QED) is 0.784. The first kappa shape index (κ1) is 18.3. The minimum absolute atomic E-state index is 0.0142. The fourth-order valence-corrected chi connectivity index (χ4v) is 2.54. The molecule has 2 aromatic rings. The molecule has 128 valence electrons. The van der Waals surface area contributed by atoms with Crippen LogP contribution in [-0.2, 0) is 19.4 Å². The molecule has 0 unspecified atom stereocenters. The van der Waals surface area contributed by atoms with Gasteiger partial charge >= 0.3 is 0 Å². The van der Waals surface area contributed by atoms with Crippen LogP contribution in [0.15, 0.2) is 30.4 Å². The van der Waals surface area contributed by atoms with Gasteiger partial charge in [-0.3, -0.25) is 4.68 Å². The summed E-state index contributed by atoms with van der Waals surface area (Å²) in [6, 6.07) is 8.79. The number of aromatic nitrogens is 2. The Balaban J connectivity index is 2.50. The smallest absolute Gasteiger partial charge is 0.172 e. The van der Waals surface area contributed by atoms with E-state index in [4.69, 9.17) is 15.3 Å². The standard InChI is InChI=1S/C19H20N4O2/c1-3-5-6-17-19(18(4-2)23(22-17)7-8-24)25-16-10-14(12-20)9-15(11-16)13-21/h3,5,9-11,24H,4,6-8H2,1-2H3/b5-3+. The van der Waals surface area contributed by atoms with Crippen LogP contribution in [0.3, 0.4) is 0 Å². The van der Waals surface area contributed by atoms with Crippen LogP contribution >= 0.6 is 0 Å². The van der Waals surface area contributed by atoms with Crippen molar-refractivity contribution in [3.63, 3.8) is 0 Å². The molecule has 0 aliphatic rings. The Morgan fingerprint density at radius 3 is 2.44 bits per heavy atom. The van der Waals surface area contributed by atoms with Crippen molar-refractivity contribution in [2.75, 3.05) is 6.61 Å². The van der Waals surface area contributed by atoms with Gasteiger partial charge in [0.25, 0.3) is 0 Å². The molecule has 6 heteroatoms. The van der Waals surface area contributed by atoms with Crippen LogP contribution in [0, 0.1) is 22.7 Å². The molecule has 6 nitrogen and oxygen atoms in total. The Morgan fingerprint density at radius 2 is 1.92 bits per heavy atom. The molecule has 1 aromatic heterocycles. The largest absolute Gasteiger partial charge is 0.453 e. The fourth-order valence-electron chi connectivity index (χ4n) is 2.54. The van der Waals surface area contributed by atoms with Crippen molar-refractivity contribution in [2.45, 2.75) is 33.2 Å². The molecule has 2 rings (SSSR count). The molecule has 25 heavy (non-hydrogen) atoms. The summed E-state index contributed by atoms with van der Waals surface area (Å²) < 4.78 is 7.78. The Hall–Kier alpha value is -3.09. The van der Waals surface area contributed by atoms with E-state index in [1.807, 2.05) is 38.1 Å². The van der Waals surface area contributed by atoms with Gasteiger partial charge in [0.2, 0.25) is 0 Å². The normalized spacial score (nSPS) is 10.6. The maximum absolute atomic E-state index is 9.25. The molecular weight excluding hydrogens is 316 g/mol. The number of benzene rings is 1. The molecule has 1 heterocycles. The summed E-state index contributed by atoms with van der Waals surface area (Å²) in [5.74, 6) is 1.05. The molecular formula is C19H20N4O2. The van der Waals surface area contributed by atoms with Crippen LogP contribution in [0.1, 0.15) is 36.4 Å². The van der Waals surface area contributed by atoms with E-state index in [1.54, 1.807) is 16.8 Å². The third-order valence-corrected chi connectivity index (χ3v) is 3.66. The number of aliphatic hydroxyl groups is 1. The summed E-state index contributed by atoms with van der Waals surface area (Å²) in [6.07, 6.45) is 5.19. The van der Waals surface area contributed by atoms with E-state index in [0.29, 0.717) is 42.0 Å².